The number of nitro benzene ring substituents is 1. The van der Waals surface area contributed by atoms with Crippen molar-refractivity contribution in [3.05, 3.63) is 64.2 Å². The number of hydrogen-bond acceptors (Lipinski definition) is 7. The number of nitro groups is 1. The smallest absolute Gasteiger partial charge is 0.423 e. The van der Waals surface area contributed by atoms with E-state index < -0.39 is 26.7 Å². The molecule has 0 aromatic heterocycles. The predicted octanol–water partition coefficient (Wildman–Crippen LogP) is 2.69. The zero-order chi connectivity index (χ0) is 19.5. The van der Waals surface area contributed by atoms with Crippen LogP contribution >= 0.6 is 0 Å². The van der Waals surface area contributed by atoms with Gasteiger partial charge in [-0.25, -0.2) is 18.4 Å². The SMILES string of the molecule is CC(C)(OC(=O)Oc1ccc([N+](=O)[O-])cc1)c1ccccc1S(N)(=O)=O. The lowest BCUT2D eigenvalue weighted by molar-refractivity contribution is -0.384. The summed E-state index contributed by atoms with van der Waals surface area (Å²) in [6, 6.07) is 10.7. The van der Waals surface area contributed by atoms with Crippen LogP contribution in [0.5, 0.6) is 5.75 Å². The Morgan fingerprint density at radius 2 is 1.69 bits per heavy atom. The summed E-state index contributed by atoms with van der Waals surface area (Å²) in [5.41, 5.74) is -1.34. The fourth-order valence-corrected chi connectivity index (χ4v) is 3.12. The fraction of sp³-hybridized carbons (Fsp3) is 0.188. The Morgan fingerprint density at radius 3 is 2.23 bits per heavy atom. The van der Waals surface area contributed by atoms with E-state index in [1.54, 1.807) is 6.07 Å². The molecule has 26 heavy (non-hydrogen) atoms. The van der Waals surface area contributed by atoms with Gasteiger partial charge >= 0.3 is 6.16 Å². The topological polar surface area (TPSA) is 139 Å². The van der Waals surface area contributed by atoms with E-state index in [2.05, 4.69) is 0 Å². The molecule has 0 saturated carbocycles. The summed E-state index contributed by atoms with van der Waals surface area (Å²) in [5.74, 6) is 0.0381. The second-order valence-corrected chi connectivity index (χ2v) is 7.29. The molecule has 0 bridgehead atoms. The molecule has 0 atom stereocenters. The van der Waals surface area contributed by atoms with Crippen molar-refractivity contribution in [2.45, 2.75) is 24.3 Å². The lowest BCUT2D eigenvalue weighted by atomic mass is 9.98. The molecule has 2 aromatic carbocycles. The Labute approximate surface area is 149 Å². The van der Waals surface area contributed by atoms with Crippen molar-refractivity contribution in [1.82, 2.24) is 0 Å². The van der Waals surface area contributed by atoms with Crippen LogP contribution < -0.4 is 9.88 Å². The molecule has 0 unspecified atom stereocenters. The Kier molecular flexibility index (Phi) is 5.28. The van der Waals surface area contributed by atoms with Crippen LogP contribution in [0.2, 0.25) is 0 Å². The van der Waals surface area contributed by atoms with Crippen LogP contribution in [0.1, 0.15) is 19.4 Å². The Balaban J connectivity index is 2.19. The highest BCUT2D eigenvalue weighted by Crippen LogP contribution is 2.30. The first-order valence-electron chi connectivity index (χ1n) is 7.28. The van der Waals surface area contributed by atoms with E-state index in [0.717, 1.165) is 0 Å². The van der Waals surface area contributed by atoms with Gasteiger partial charge in [0.2, 0.25) is 10.0 Å². The van der Waals surface area contributed by atoms with Crippen LogP contribution in [0.3, 0.4) is 0 Å². The zero-order valence-electron chi connectivity index (χ0n) is 13.9. The second-order valence-electron chi connectivity index (χ2n) is 5.76. The molecule has 0 aliphatic carbocycles. The minimum atomic E-state index is -4.02. The first kappa shape index (κ1) is 19.3. The second kappa shape index (κ2) is 7.10. The maximum Gasteiger partial charge on any atom is 0.514 e. The van der Waals surface area contributed by atoms with Crippen molar-refractivity contribution in [2.75, 3.05) is 0 Å². The molecule has 0 aliphatic heterocycles. The molecule has 0 fully saturated rings. The van der Waals surface area contributed by atoms with Gasteiger partial charge in [0.25, 0.3) is 5.69 Å². The number of hydrogen-bond donors (Lipinski definition) is 1. The van der Waals surface area contributed by atoms with Crippen molar-refractivity contribution in [1.29, 1.82) is 0 Å². The number of ether oxygens (including phenoxy) is 2. The molecular weight excluding hydrogens is 364 g/mol. The molecule has 0 heterocycles. The van der Waals surface area contributed by atoms with Crippen LogP contribution in [-0.2, 0) is 20.4 Å². The largest absolute Gasteiger partial charge is 0.514 e. The van der Waals surface area contributed by atoms with Gasteiger partial charge in [0.1, 0.15) is 11.4 Å². The summed E-state index contributed by atoms with van der Waals surface area (Å²) in [6.45, 7) is 2.96. The summed E-state index contributed by atoms with van der Waals surface area (Å²) < 4.78 is 33.6. The van der Waals surface area contributed by atoms with Gasteiger partial charge < -0.3 is 9.47 Å². The van der Waals surface area contributed by atoms with Gasteiger partial charge in [0.05, 0.1) is 9.82 Å². The van der Waals surface area contributed by atoms with Gasteiger partial charge in [-0.15, -0.1) is 0 Å². The number of rotatable bonds is 5. The van der Waals surface area contributed by atoms with E-state index in [-0.39, 0.29) is 21.9 Å². The van der Waals surface area contributed by atoms with E-state index in [9.17, 15) is 23.3 Å². The summed E-state index contributed by atoms with van der Waals surface area (Å²) in [4.78, 5) is 21.9. The minimum Gasteiger partial charge on any atom is -0.423 e. The summed E-state index contributed by atoms with van der Waals surface area (Å²) in [6.07, 6.45) is -1.10. The summed E-state index contributed by atoms with van der Waals surface area (Å²) in [5, 5.41) is 15.8. The van der Waals surface area contributed by atoms with Crippen LogP contribution in [0.25, 0.3) is 0 Å². The molecule has 2 aromatic rings. The Morgan fingerprint density at radius 1 is 1.12 bits per heavy atom. The highest BCUT2D eigenvalue weighted by Gasteiger charge is 2.31. The van der Waals surface area contributed by atoms with E-state index in [4.69, 9.17) is 14.6 Å². The lowest BCUT2D eigenvalue weighted by Crippen LogP contribution is -2.30. The molecule has 0 aliphatic rings. The van der Waals surface area contributed by atoms with Gasteiger partial charge in [0, 0.05) is 17.7 Å². The maximum absolute atomic E-state index is 12.0. The molecule has 0 spiro atoms. The van der Waals surface area contributed by atoms with E-state index in [1.807, 2.05) is 0 Å². The quantitative estimate of drug-likeness (QED) is 0.364. The van der Waals surface area contributed by atoms with Crippen molar-refractivity contribution in [3.8, 4) is 5.75 Å². The molecule has 138 valence electrons. The van der Waals surface area contributed by atoms with E-state index in [0.29, 0.717) is 0 Å². The number of benzene rings is 2. The summed E-state index contributed by atoms with van der Waals surface area (Å²) in [7, 11) is -4.02. The third-order valence-corrected chi connectivity index (χ3v) is 4.40. The third kappa shape index (κ3) is 4.55. The monoisotopic (exact) mass is 380 g/mol. The fourth-order valence-electron chi connectivity index (χ4n) is 2.23. The molecule has 0 radical (unpaired) electrons. The normalized spacial score (nSPS) is 11.7. The van der Waals surface area contributed by atoms with Crippen molar-refractivity contribution < 1.29 is 27.6 Å². The van der Waals surface area contributed by atoms with E-state index >= 15 is 0 Å². The molecule has 10 heteroatoms. The highest BCUT2D eigenvalue weighted by atomic mass is 32.2. The Bertz CT molecular complexity index is 937. The van der Waals surface area contributed by atoms with E-state index in [1.165, 1.54) is 56.3 Å². The van der Waals surface area contributed by atoms with Gasteiger partial charge in [-0.2, -0.15) is 0 Å². The standard InChI is InChI=1S/C16H16N2O7S/c1-16(2,13-5-3-4-6-14(13)26(17,22)23)25-15(19)24-12-9-7-11(8-10-12)18(20)21/h3-10H,1-2H3,(H2,17,22,23). The molecule has 2 N–H and O–H groups in total. The van der Waals surface area contributed by atoms with Crippen molar-refractivity contribution >= 4 is 21.9 Å². The van der Waals surface area contributed by atoms with Crippen molar-refractivity contribution in [3.63, 3.8) is 0 Å². The highest BCUT2D eigenvalue weighted by molar-refractivity contribution is 7.89. The average molecular weight is 380 g/mol. The number of nitrogens with zero attached hydrogens (tertiary/aromatic N) is 1. The number of carbonyl (C=O) groups is 1. The summed E-state index contributed by atoms with van der Waals surface area (Å²) >= 11 is 0. The average Bonchev–Trinajstić information content (AvgIpc) is 2.54. The first-order valence-corrected chi connectivity index (χ1v) is 8.83. The molecule has 9 nitrogen and oxygen atoms in total. The number of non-ortho nitro benzene ring substituents is 1. The number of primary sulfonamides is 1. The molecule has 2 rings (SSSR count). The minimum absolute atomic E-state index is 0.0381. The van der Waals surface area contributed by atoms with Crippen LogP contribution in [0.4, 0.5) is 10.5 Å². The van der Waals surface area contributed by atoms with Crippen LogP contribution in [0, 0.1) is 10.1 Å². The van der Waals surface area contributed by atoms with Gasteiger partial charge in [-0.1, -0.05) is 18.2 Å². The van der Waals surface area contributed by atoms with Crippen molar-refractivity contribution in [2.24, 2.45) is 5.14 Å². The molecule has 0 amide bonds. The predicted molar refractivity (Wildman–Crippen MR) is 91.0 cm³/mol. The first-order chi connectivity index (χ1) is 12.0. The number of nitrogens with two attached hydrogens (primary N) is 1. The van der Waals surface area contributed by atoms with Crippen LogP contribution in [0.15, 0.2) is 53.4 Å². The zero-order valence-corrected chi connectivity index (χ0v) is 14.7. The Hall–Kier alpha value is -2.98. The van der Waals surface area contributed by atoms with Gasteiger partial charge in [0.15, 0.2) is 0 Å². The van der Waals surface area contributed by atoms with Crippen LogP contribution in [-0.4, -0.2) is 19.5 Å². The third-order valence-electron chi connectivity index (χ3n) is 3.43. The maximum atomic E-state index is 12.0. The lowest BCUT2D eigenvalue weighted by Gasteiger charge is -2.26. The molecule has 0 saturated heterocycles. The van der Waals surface area contributed by atoms with Gasteiger partial charge in [-0.3, -0.25) is 10.1 Å². The number of sulfonamides is 1. The number of carbonyl (C=O) groups excluding carboxylic acids is 1. The molecular formula is C16H16N2O7S. The van der Waals surface area contributed by atoms with Gasteiger partial charge in [-0.05, 0) is 32.0 Å².